The van der Waals surface area contributed by atoms with Crippen LogP contribution < -0.4 is 0 Å². The van der Waals surface area contributed by atoms with Crippen molar-refractivity contribution in [3.05, 3.63) is 47.7 Å². The molecule has 0 heterocycles. The molecule has 21 heavy (non-hydrogen) atoms. The van der Waals surface area contributed by atoms with Gasteiger partial charge in [-0.15, -0.1) is 0 Å². The molecule has 0 N–H and O–H groups in total. The van der Waals surface area contributed by atoms with Crippen molar-refractivity contribution in [3.8, 4) is 12.1 Å². The lowest BCUT2D eigenvalue weighted by Crippen LogP contribution is -2.23. The van der Waals surface area contributed by atoms with Crippen molar-refractivity contribution >= 4 is 5.97 Å². The molecule has 0 fully saturated rings. The fourth-order valence-corrected chi connectivity index (χ4v) is 1.77. The number of benzene rings is 1. The first-order valence-corrected chi connectivity index (χ1v) is 6.56. The Balaban J connectivity index is 2.76. The Hall–Kier alpha value is -2.79. The number of carbonyl (C=O) groups excluding carboxylic acids is 1. The molecule has 1 rings (SSSR count). The third-order valence-corrected chi connectivity index (χ3v) is 2.88. The van der Waals surface area contributed by atoms with E-state index in [4.69, 9.17) is 10.5 Å². The standard InChI is InChI=1S/C16H17N3O2/c1-21-16(20)15(12-18)13-19(10-5-9-17)11-8-14-6-3-2-4-7-14/h2-4,6-7,13H,5,8,10-11H2,1H3/b15-13-. The second kappa shape index (κ2) is 9.17. The Labute approximate surface area is 124 Å². The highest BCUT2D eigenvalue weighted by Gasteiger charge is 2.11. The van der Waals surface area contributed by atoms with Crippen LogP contribution in [0.4, 0.5) is 0 Å². The summed E-state index contributed by atoms with van der Waals surface area (Å²) in [4.78, 5) is 13.2. The summed E-state index contributed by atoms with van der Waals surface area (Å²) in [6.45, 7) is 1.08. The van der Waals surface area contributed by atoms with Gasteiger partial charge >= 0.3 is 5.97 Å². The molecule has 5 nitrogen and oxygen atoms in total. The zero-order chi connectivity index (χ0) is 15.5. The topological polar surface area (TPSA) is 77.1 Å². The van der Waals surface area contributed by atoms with Gasteiger partial charge in [0, 0.05) is 19.3 Å². The van der Waals surface area contributed by atoms with Crippen LogP contribution in [0.1, 0.15) is 12.0 Å². The lowest BCUT2D eigenvalue weighted by Gasteiger charge is -2.19. The van der Waals surface area contributed by atoms with Crippen LogP contribution in [-0.2, 0) is 16.0 Å². The minimum Gasteiger partial charge on any atom is -0.465 e. The molecular formula is C16H17N3O2. The summed E-state index contributed by atoms with van der Waals surface area (Å²) < 4.78 is 4.55. The molecule has 0 spiro atoms. The maximum atomic E-state index is 11.4. The molecule has 108 valence electrons. The highest BCUT2D eigenvalue weighted by molar-refractivity contribution is 5.92. The molecule has 0 aliphatic heterocycles. The Bertz CT molecular complexity index is 567. The molecule has 0 saturated heterocycles. The Morgan fingerprint density at radius 2 is 2.00 bits per heavy atom. The number of hydrogen-bond donors (Lipinski definition) is 0. The molecule has 5 heteroatoms. The smallest absolute Gasteiger partial charge is 0.350 e. The number of methoxy groups -OCH3 is 1. The average molecular weight is 283 g/mol. The second-order valence-electron chi connectivity index (χ2n) is 4.33. The van der Waals surface area contributed by atoms with Gasteiger partial charge in [-0.1, -0.05) is 30.3 Å². The van der Waals surface area contributed by atoms with Crippen LogP contribution in [0.5, 0.6) is 0 Å². The van der Waals surface area contributed by atoms with Crippen LogP contribution in [-0.4, -0.2) is 31.1 Å². The Kier molecular flexibility index (Phi) is 7.10. The van der Waals surface area contributed by atoms with E-state index in [-0.39, 0.29) is 5.57 Å². The molecule has 0 bridgehead atoms. The Morgan fingerprint density at radius 3 is 2.57 bits per heavy atom. The van der Waals surface area contributed by atoms with Crippen molar-refractivity contribution in [2.45, 2.75) is 12.8 Å². The highest BCUT2D eigenvalue weighted by atomic mass is 16.5. The molecule has 0 saturated carbocycles. The predicted octanol–water partition coefficient (Wildman–Crippen LogP) is 2.03. The van der Waals surface area contributed by atoms with Gasteiger partial charge in [-0.25, -0.2) is 4.79 Å². The van der Waals surface area contributed by atoms with Gasteiger partial charge in [0.15, 0.2) is 5.57 Å². The number of esters is 1. The first kappa shape index (κ1) is 16.3. The van der Waals surface area contributed by atoms with Gasteiger partial charge in [0.05, 0.1) is 19.6 Å². The fourth-order valence-electron chi connectivity index (χ4n) is 1.77. The number of nitrogens with zero attached hydrogens (tertiary/aromatic N) is 3. The number of carbonyl (C=O) groups is 1. The van der Waals surface area contributed by atoms with Crippen LogP contribution in [0.3, 0.4) is 0 Å². The summed E-state index contributed by atoms with van der Waals surface area (Å²) in [5, 5.41) is 17.7. The molecule has 0 aliphatic carbocycles. The van der Waals surface area contributed by atoms with Crippen molar-refractivity contribution in [1.82, 2.24) is 4.90 Å². The Morgan fingerprint density at radius 1 is 1.29 bits per heavy atom. The highest BCUT2D eigenvalue weighted by Crippen LogP contribution is 2.05. The molecule has 0 amide bonds. The van der Waals surface area contributed by atoms with E-state index in [0.717, 1.165) is 12.0 Å². The van der Waals surface area contributed by atoms with E-state index < -0.39 is 5.97 Å². The average Bonchev–Trinajstić information content (AvgIpc) is 2.54. The van der Waals surface area contributed by atoms with Gasteiger partial charge in [0.25, 0.3) is 0 Å². The van der Waals surface area contributed by atoms with Crippen molar-refractivity contribution in [1.29, 1.82) is 10.5 Å². The minimum atomic E-state index is -0.667. The van der Waals surface area contributed by atoms with Gasteiger partial charge in [-0.3, -0.25) is 0 Å². The number of ether oxygens (including phenoxy) is 1. The monoisotopic (exact) mass is 283 g/mol. The van der Waals surface area contributed by atoms with Crippen LogP contribution >= 0.6 is 0 Å². The number of nitriles is 2. The van der Waals surface area contributed by atoms with E-state index in [2.05, 4.69) is 10.8 Å². The van der Waals surface area contributed by atoms with Crippen LogP contribution in [0.15, 0.2) is 42.1 Å². The summed E-state index contributed by atoms with van der Waals surface area (Å²) in [6.07, 6.45) is 2.56. The third-order valence-electron chi connectivity index (χ3n) is 2.88. The molecule has 0 aromatic heterocycles. The summed E-state index contributed by atoms with van der Waals surface area (Å²) in [6, 6.07) is 13.8. The normalized spacial score (nSPS) is 10.3. The van der Waals surface area contributed by atoms with Crippen LogP contribution in [0, 0.1) is 22.7 Å². The summed E-state index contributed by atoms with van der Waals surface area (Å²) in [5.74, 6) is -0.667. The number of rotatable bonds is 7. The lowest BCUT2D eigenvalue weighted by molar-refractivity contribution is -0.135. The van der Waals surface area contributed by atoms with Crippen molar-refractivity contribution in [3.63, 3.8) is 0 Å². The molecular weight excluding hydrogens is 266 g/mol. The first-order chi connectivity index (χ1) is 10.2. The van der Waals surface area contributed by atoms with Crippen molar-refractivity contribution in [2.75, 3.05) is 20.2 Å². The largest absolute Gasteiger partial charge is 0.465 e. The second-order valence-corrected chi connectivity index (χ2v) is 4.33. The van der Waals surface area contributed by atoms with Crippen LogP contribution in [0.2, 0.25) is 0 Å². The molecule has 0 aliphatic rings. The maximum Gasteiger partial charge on any atom is 0.350 e. The van der Waals surface area contributed by atoms with E-state index >= 15 is 0 Å². The summed E-state index contributed by atoms with van der Waals surface area (Å²) in [5.41, 5.74) is 1.09. The van der Waals surface area contributed by atoms with Gasteiger partial charge in [-0.2, -0.15) is 10.5 Å². The van der Waals surface area contributed by atoms with E-state index in [1.54, 1.807) is 4.90 Å². The molecule has 1 aromatic rings. The predicted molar refractivity (Wildman–Crippen MR) is 77.7 cm³/mol. The summed E-state index contributed by atoms with van der Waals surface area (Å²) >= 11 is 0. The van der Waals surface area contributed by atoms with Crippen LogP contribution in [0.25, 0.3) is 0 Å². The van der Waals surface area contributed by atoms with Crippen molar-refractivity contribution in [2.24, 2.45) is 0 Å². The van der Waals surface area contributed by atoms with Gasteiger partial charge in [0.2, 0.25) is 0 Å². The zero-order valence-corrected chi connectivity index (χ0v) is 12.0. The van der Waals surface area contributed by atoms with Gasteiger partial charge < -0.3 is 9.64 Å². The van der Waals surface area contributed by atoms with Gasteiger partial charge in [-0.05, 0) is 12.0 Å². The zero-order valence-electron chi connectivity index (χ0n) is 12.0. The maximum absolute atomic E-state index is 11.4. The molecule has 0 radical (unpaired) electrons. The minimum absolute atomic E-state index is 0.0662. The third kappa shape index (κ3) is 5.80. The number of hydrogen-bond acceptors (Lipinski definition) is 5. The molecule has 1 aromatic carbocycles. The fraction of sp³-hybridized carbons (Fsp3) is 0.312. The molecule has 0 unspecified atom stereocenters. The quantitative estimate of drug-likeness (QED) is 0.434. The lowest BCUT2D eigenvalue weighted by atomic mass is 10.1. The van der Waals surface area contributed by atoms with Gasteiger partial charge in [0.1, 0.15) is 6.07 Å². The van der Waals surface area contributed by atoms with E-state index in [1.807, 2.05) is 36.4 Å². The summed E-state index contributed by atoms with van der Waals surface area (Å²) in [7, 11) is 1.23. The van der Waals surface area contributed by atoms with E-state index in [0.29, 0.717) is 19.5 Å². The van der Waals surface area contributed by atoms with E-state index in [9.17, 15) is 4.79 Å². The molecule has 0 atom stereocenters. The SMILES string of the molecule is COC(=O)/C(C#N)=C\N(CCC#N)CCc1ccccc1. The van der Waals surface area contributed by atoms with E-state index in [1.165, 1.54) is 13.3 Å². The first-order valence-electron chi connectivity index (χ1n) is 6.56. The van der Waals surface area contributed by atoms with Crippen molar-refractivity contribution < 1.29 is 9.53 Å².